The number of thiazole rings is 1. The van der Waals surface area contributed by atoms with Crippen LogP contribution in [0.3, 0.4) is 0 Å². The number of hydrogen-bond donors (Lipinski definition) is 1. The monoisotopic (exact) mass is 213 g/mol. The summed E-state index contributed by atoms with van der Waals surface area (Å²) in [5.74, 6) is -0.993. The number of rotatable bonds is 6. The smallest absolute Gasteiger partial charge is 0.365 e. The second kappa shape index (κ2) is 5.51. The van der Waals surface area contributed by atoms with Crippen molar-refractivity contribution >= 4 is 17.3 Å². The molecule has 14 heavy (non-hydrogen) atoms. The van der Waals surface area contributed by atoms with E-state index >= 15 is 0 Å². The molecule has 0 saturated carbocycles. The molecule has 0 spiro atoms. The van der Waals surface area contributed by atoms with Crippen LogP contribution in [0.2, 0.25) is 0 Å². The van der Waals surface area contributed by atoms with Gasteiger partial charge in [0.1, 0.15) is 0 Å². The number of hydrogen-bond acceptors (Lipinski definition) is 4. The van der Waals surface area contributed by atoms with Crippen LogP contribution in [0.25, 0.3) is 0 Å². The first-order valence-electron chi connectivity index (χ1n) is 4.10. The van der Waals surface area contributed by atoms with E-state index in [0.29, 0.717) is 18.9 Å². The standard InChI is InChI=1S/C9H11NO3S/c1-2-3-4-13-5-7-6-14-8(10-7)9(11)12/h2,6H,1,3-5H2,(H,11,12). The predicted octanol–water partition coefficient (Wildman–Crippen LogP) is 1.93. The van der Waals surface area contributed by atoms with Gasteiger partial charge in [-0.3, -0.25) is 0 Å². The van der Waals surface area contributed by atoms with Crippen molar-refractivity contribution in [2.45, 2.75) is 13.0 Å². The maximum Gasteiger partial charge on any atom is 0.365 e. The molecule has 0 fully saturated rings. The lowest BCUT2D eigenvalue weighted by Gasteiger charge is -1.97. The molecule has 0 aliphatic heterocycles. The van der Waals surface area contributed by atoms with Gasteiger partial charge in [0.15, 0.2) is 0 Å². The fourth-order valence-corrected chi connectivity index (χ4v) is 1.45. The summed E-state index contributed by atoms with van der Waals surface area (Å²) in [5.41, 5.74) is 0.663. The van der Waals surface area contributed by atoms with E-state index in [-0.39, 0.29) is 5.01 Å². The molecule has 0 radical (unpaired) electrons. The van der Waals surface area contributed by atoms with Gasteiger partial charge in [0, 0.05) is 5.38 Å². The summed E-state index contributed by atoms with van der Waals surface area (Å²) in [4.78, 5) is 14.4. The van der Waals surface area contributed by atoms with Crippen LogP contribution in [-0.2, 0) is 11.3 Å². The van der Waals surface area contributed by atoms with Crippen molar-refractivity contribution in [2.75, 3.05) is 6.61 Å². The third kappa shape index (κ3) is 3.27. The lowest BCUT2D eigenvalue weighted by molar-refractivity contribution is 0.0695. The van der Waals surface area contributed by atoms with Crippen molar-refractivity contribution in [3.8, 4) is 0 Å². The SMILES string of the molecule is C=CCCOCc1csc(C(=O)O)n1. The molecule has 1 N–H and O–H groups in total. The zero-order chi connectivity index (χ0) is 10.4. The highest BCUT2D eigenvalue weighted by molar-refractivity contribution is 7.11. The Kier molecular flexibility index (Phi) is 4.28. The number of ether oxygens (including phenoxy) is 1. The van der Waals surface area contributed by atoms with Crippen LogP contribution in [0, 0.1) is 0 Å². The van der Waals surface area contributed by atoms with E-state index in [9.17, 15) is 4.79 Å². The number of carboxylic acids is 1. The van der Waals surface area contributed by atoms with Gasteiger partial charge >= 0.3 is 5.97 Å². The first-order chi connectivity index (χ1) is 6.74. The lowest BCUT2D eigenvalue weighted by Crippen LogP contribution is -1.98. The molecule has 1 aromatic rings. The summed E-state index contributed by atoms with van der Waals surface area (Å²) in [7, 11) is 0. The summed E-state index contributed by atoms with van der Waals surface area (Å²) in [5, 5.41) is 10.4. The highest BCUT2D eigenvalue weighted by Crippen LogP contribution is 2.10. The second-order valence-corrected chi connectivity index (χ2v) is 3.44. The van der Waals surface area contributed by atoms with Crippen LogP contribution < -0.4 is 0 Å². The van der Waals surface area contributed by atoms with Crippen molar-refractivity contribution in [3.05, 3.63) is 28.7 Å². The topological polar surface area (TPSA) is 59.4 Å². The van der Waals surface area contributed by atoms with E-state index < -0.39 is 5.97 Å². The van der Waals surface area contributed by atoms with Gasteiger partial charge in [0.2, 0.25) is 5.01 Å². The van der Waals surface area contributed by atoms with Crippen LogP contribution in [0.15, 0.2) is 18.0 Å². The minimum atomic E-state index is -0.993. The number of carboxylic acid groups (broad SMARTS) is 1. The molecule has 4 nitrogen and oxygen atoms in total. The molecule has 5 heteroatoms. The Bertz CT molecular complexity index is 322. The van der Waals surface area contributed by atoms with Gasteiger partial charge in [0.05, 0.1) is 18.9 Å². The summed E-state index contributed by atoms with van der Waals surface area (Å²) in [6.07, 6.45) is 2.56. The van der Waals surface area contributed by atoms with Crippen molar-refractivity contribution in [1.29, 1.82) is 0 Å². The summed E-state index contributed by atoms with van der Waals surface area (Å²) >= 11 is 1.11. The number of nitrogens with zero attached hydrogens (tertiary/aromatic N) is 1. The summed E-state index contributed by atoms with van der Waals surface area (Å²) in [6.45, 7) is 4.51. The molecule has 0 saturated heterocycles. The van der Waals surface area contributed by atoms with E-state index in [4.69, 9.17) is 9.84 Å². The largest absolute Gasteiger partial charge is 0.476 e. The fraction of sp³-hybridized carbons (Fsp3) is 0.333. The predicted molar refractivity (Wildman–Crippen MR) is 53.5 cm³/mol. The van der Waals surface area contributed by atoms with E-state index in [1.807, 2.05) is 0 Å². The normalized spacial score (nSPS) is 10.0. The molecule has 0 aliphatic carbocycles. The van der Waals surface area contributed by atoms with Crippen LogP contribution in [0.4, 0.5) is 0 Å². The molecule has 0 amide bonds. The van der Waals surface area contributed by atoms with Gasteiger partial charge in [-0.15, -0.1) is 17.9 Å². The third-order valence-corrected chi connectivity index (χ3v) is 2.33. The Labute approximate surface area is 85.9 Å². The first-order valence-corrected chi connectivity index (χ1v) is 4.98. The Morgan fingerprint density at radius 2 is 2.57 bits per heavy atom. The van der Waals surface area contributed by atoms with E-state index in [1.54, 1.807) is 11.5 Å². The molecule has 0 atom stereocenters. The molecule has 1 aromatic heterocycles. The molecule has 0 aliphatic rings. The Hall–Kier alpha value is -1.20. The minimum absolute atomic E-state index is 0.104. The molecule has 0 bridgehead atoms. The van der Waals surface area contributed by atoms with E-state index in [2.05, 4.69) is 11.6 Å². The molecule has 76 valence electrons. The van der Waals surface area contributed by atoms with Crippen molar-refractivity contribution in [1.82, 2.24) is 4.98 Å². The zero-order valence-corrected chi connectivity index (χ0v) is 8.42. The van der Waals surface area contributed by atoms with Gasteiger partial charge in [-0.25, -0.2) is 9.78 Å². The minimum Gasteiger partial charge on any atom is -0.476 e. The van der Waals surface area contributed by atoms with Crippen LogP contribution in [-0.4, -0.2) is 22.7 Å². The summed E-state index contributed by atoms with van der Waals surface area (Å²) < 4.78 is 5.23. The highest BCUT2D eigenvalue weighted by Gasteiger charge is 2.08. The Morgan fingerprint density at radius 3 is 3.14 bits per heavy atom. The molecule has 0 unspecified atom stereocenters. The highest BCUT2D eigenvalue weighted by atomic mass is 32.1. The number of aromatic nitrogens is 1. The van der Waals surface area contributed by atoms with Crippen LogP contribution >= 0.6 is 11.3 Å². The molecular weight excluding hydrogens is 202 g/mol. The maximum absolute atomic E-state index is 10.5. The quantitative estimate of drug-likeness (QED) is 0.579. The third-order valence-electron chi connectivity index (χ3n) is 1.45. The molecule has 0 aromatic carbocycles. The van der Waals surface area contributed by atoms with Crippen molar-refractivity contribution < 1.29 is 14.6 Å². The molecular formula is C9H11NO3S. The van der Waals surface area contributed by atoms with Crippen LogP contribution in [0.1, 0.15) is 21.9 Å². The first kappa shape index (κ1) is 10.9. The van der Waals surface area contributed by atoms with E-state index in [1.165, 1.54) is 0 Å². The maximum atomic E-state index is 10.5. The Morgan fingerprint density at radius 1 is 1.79 bits per heavy atom. The van der Waals surface area contributed by atoms with E-state index in [0.717, 1.165) is 17.8 Å². The summed E-state index contributed by atoms with van der Waals surface area (Å²) in [6, 6.07) is 0. The number of carbonyl (C=O) groups is 1. The van der Waals surface area contributed by atoms with Gasteiger partial charge in [-0.2, -0.15) is 0 Å². The molecule has 1 heterocycles. The Balaban J connectivity index is 2.36. The van der Waals surface area contributed by atoms with Gasteiger partial charge in [-0.05, 0) is 6.42 Å². The number of aromatic carboxylic acids is 1. The van der Waals surface area contributed by atoms with Crippen molar-refractivity contribution in [2.24, 2.45) is 0 Å². The average Bonchev–Trinajstić information content (AvgIpc) is 2.61. The van der Waals surface area contributed by atoms with Gasteiger partial charge in [-0.1, -0.05) is 6.08 Å². The van der Waals surface area contributed by atoms with Crippen molar-refractivity contribution in [3.63, 3.8) is 0 Å². The zero-order valence-electron chi connectivity index (χ0n) is 7.60. The van der Waals surface area contributed by atoms with Gasteiger partial charge < -0.3 is 9.84 Å². The lowest BCUT2D eigenvalue weighted by atomic mass is 10.4. The fourth-order valence-electron chi connectivity index (χ4n) is 0.815. The van der Waals surface area contributed by atoms with Crippen LogP contribution in [0.5, 0.6) is 0 Å². The molecule has 1 rings (SSSR count). The second-order valence-electron chi connectivity index (χ2n) is 2.58. The van der Waals surface area contributed by atoms with Gasteiger partial charge in [0.25, 0.3) is 0 Å². The average molecular weight is 213 g/mol.